The lowest BCUT2D eigenvalue weighted by Gasteiger charge is -2.18. The molecule has 1 amide bonds. The summed E-state index contributed by atoms with van der Waals surface area (Å²) in [5, 5.41) is 3.93. The summed E-state index contributed by atoms with van der Waals surface area (Å²) in [5.74, 6) is 1.64. The van der Waals surface area contributed by atoms with E-state index in [1.807, 2.05) is 18.2 Å². The Morgan fingerprint density at radius 3 is 2.83 bits per heavy atom. The molecule has 0 bridgehead atoms. The van der Waals surface area contributed by atoms with Crippen LogP contribution in [-0.4, -0.2) is 25.3 Å². The third-order valence-electron chi connectivity index (χ3n) is 2.90. The maximum atomic E-state index is 11.4. The summed E-state index contributed by atoms with van der Waals surface area (Å²) in [6.45, 7) is 1.14. The van der Waals surface area contributed by atoms with E-state index in [4.69, 9.17) is 9.47 Å². The molecule has 2 aliphatic rings. The van der Waals surface area contributed by atoms with Gasteiger partial charge in [-0.1, -0.05) is 0 Å². The molecule has 5 heteroatoms. The lowest BCUT2D eigenvalue weighted by atomic mass is 10.2. The number of nitrogens with one attached hydrogen (secondary N) is 1. The van der Waals surface area contributed by atoms with Crippen molar-refractivity contribution in [3.05, 3.63) is 23.8 Å². The highest BCUT2D eigenvalue weighted by Crippen LogP contribution is 2.30. The van der Waals surface area contributed by atoms with Crippen molar-refractivity contribution in [3.8, 4) is 11.5 Å². The third-order valence-corrected chi connectivity index (χ3v) is 2.90. The molecule has 0 atom stereocenters. The lowest BCUT2D eigenvalue weighted by Crippen LogP contribution is -2.19. The third kappa shape index (κ3) is 2.45. The molecule has 1 aliphatic carbocycles. The van der Waals surface area contributed by atoms with Crippen LogP contribution in [0.15, 0.2) is 23.3 Å². The van der Waals surface area contributed by atoms with Crippen LogP contribution in [0.3, 0.4) is 0 Å². The Morgan fingerprint density at radius 1 is 1.28 bits per heavy atom. The number of amides is 1. The molecule has 1 fully saturated rings. The number of hydrazone groups is 1. The van der Waals surface area contributed by atoms with Crippen LogP contribution in [0.2, 0.25) is 0 Å². The summed E-state index contributed by atoms with van der Waals surface area (Å²) in [6, 6.07) is 5.57. The molecule has 0 aromatic heterocycles. The van der Waals surface area contributed by atoms with E-state index in [9.17, 15) is 4.79 Å². The largest absolute Gasteiger partial charge is 0.486 e. The molecule has 0 spiro atoms. The fraction of sp³-hybridized carbons (Fsp3) is 0.385. The molecule has 1 aliphatic heterocycles. The zero-order chi connectivity index (χ0) is 12.4. The SMILES string of the molecule is O=C(N/N=C/c1ccc2c(c1)OCCO2)C1CC1. The van der Waals surface area contributed by atoms with Crippen LogP contribution in [0.4, 0.5) is 0 Å². The van der Waals surface area contributed by atoms with Gasteiger partial charge in [-0.3, -0.25) is 4.79 Å². The van der Waals surface area contributed by atoms with Gasteiger partial charge in [-0.25, -0.2) is 5.43 Å². The summed E-state index contributed by atoms with van der Waals surface area (Å²) in [4.78, 5) is 11.4. The van der Waals surface area contributed by atoms with Gasteiger partial charge in [0.05, 0.1) is 6.21 Å². The van der Waals surface area contributed by atoms with Crippen molar-refractivity contribution in [2.75, 3.05) is 13.2 Å². The minimum atomic E-state index is 0.00351. The Bertz CT molecular complexity index is 495. The van der Waals surface area contributed by atoms with Gasteiger partial charge in [0.1, 0.15) is 13.2 Å². The fourth-order valence-corrected chi connectivity index (χ4v) is 1.75. The van der Waals surface area contributed by atoms with Crippen LogP contribution < -0.4 is 14.9 Å². The molecule has 1 saturated carbocycles. The van der Waals surface area contributed by atoms with Crippen LogP contribution in [0.1, 0.15) is 18.4 Å². The van der Waals surface area contributed by atoms with E-state index in [0.29, 0.717) is 13.2 Å². The van der Waals surface area contributed by atoms with E-state index in [1.54, 1.807) is 6.21 Å². The number of carbonyl (C=O) groups excluding carboxylic acids is 1. The van der Waals surface area contributed by atoms with Crippen LogP contribution in [0.25, 0.3) is 0 Å². The zero-order valence-electron chi connectivity index (χ0n) is 9.89. The second-order valence-electron chi connectivity index (χ2n) is 4.41. The highest BCUT2D eigenvalue weighted by molar-refractivity contribution is 5.84. The average Bonchev–Trinajstić information content (AvgIpc) is 3.23. The predicted octanol–water partition coefficient (Wildman–Crippen LogP) is 1.32. The number of nitrogens with zero attached hydrogens (tertiary/aromatic N) is 1. The second kappa shape index (κ2) is 4.68. The molecule has 1 aromatic carbocycles. The van der Waals surface area contributed by atoms with Crippen LogP contribution in [-0.2, 0) is 4.79 Å². The Hall–Kier alpha value is -2.04. The number of hydrogen-bond donors (Lipinski definition) is 1. The Labute approximate surface area is 105 Å². The van der Waals surface area contributed by atoms with Crippen molar-refractivity contribution < 1.29 is 14.3 Å². The van der Waals surface area contributed by atoms with Gasteiger partial charge in [0.15, 0.2) is 11.5 Å². The number of rotatable bonds is 3. The number of carbonyl (C=O) groups is 1. The normalized spacial score (nSPS) is 17.8. The summed E-state index contributed by atoms with van der Waals surface area (Å²) < 4.78 is 10.9. The maximum absolute atomic E-state index is 11.4. The van der Waals surface area contributed by atoms with Gasteiger partial charge in [0.2, 0.25) is 5.91 Å². The number of ether oxygens (including phenoxy) is 2. The molecular formula is C13H14N2O3. The van der Waals surface area contributed by atoms with E-state index in [2.05, 4.69) is 10.5 Å². The van der Waals surface area contributed by atoms with Crippen molar-refractivity contribution in [1.29, 1.82) is 0 Å². The Kier molecular flexibility index (Phi) is 2.88. The molecular weight excluding hydrogens is 232 g/mol. The van der Waals surface area contributed by atoms with Gasteiger partial charge in [-0.05, 0) is 36.6 Å². The van der Waals surface area contributed by atoms with Crippen molar-refractivity contribution in [1.82, 2.24) is 5.43 Å². The maximum Gasteiger partial charge on any atom is 0.243 e. The summed E-state index contributed by atoms with van der Waals surface area (Å²) in [5.41, 5.74) is 3.40. The smallest absolute Gasteiger partial charge is 0.243 e. The quantitative estimate of drug-likeness (QED) is 0.646. The highest BCUT2D eigenvalue weighted by atomic mass is 16.6. The Balaban J connectivity index is 1.64. The molecule has 0 saturated heterocycles. The van der Waals surface area contributed by atoms with E-state index in [1.165, 1.54) is 0 Å². The van der Waals surface area contributed by atoms with E-state index in [-0.39, 0.29) is 11.8 Å². The molecule has 1 N–H and O–H groups in total. The first-order valence-electron chi connectivity index (χ1n) is 6.05. The van der Waals surface area contributed by atoms with Crippen molar-refractivity contribution in [3.63, 3.8) is 0 Å². The van der Waals surface area contributed by atoms with Crippen molar-refractivity contribution in [2.24, 2.45) is 11.0 Å². The van der Waals surface area contributed by atoms with Crippen molar-refractivity contribution >= 4 is 12.1 Å². The molecule has 18 heavy (non-hydrogen) atoms. The summed E-state index contributed by atoms with van der Waals surface area (Å²) in [6.07, 6.45) is 3.56. The predicted molar refractivity (Wildman–Crippen MR) is 65.9 cm³/mol. The fourth-order valence-electron chi connectivity index (χ4n) is 1.75. The monoisotopic (exact) mass is 246 g/mol. The van der Waals surface area contributed by atoms with Crippen LogP contribution in [0, 0.1) is 5.92 Å². The van der Waals surface area contributed by atoms with Crippen LogP contribution >= 0.6 is 0 Å². The van der Waals surface area contributed by atoms with Gasteiger partial charge < -0.3 is 9.47 Å². The average molecular weight is 246 g/mol. The number of hydrogen-bond acceptors (Lipinski definition) is 4. The van der Waals surface area contributed by atoms with E-state index >= 15 is 0 Å². The first-order valence-corrected chi connectivity index (χ1v) is 6.05. The highest BCUT2D eigenvalue weighted by Gasteiger charge is 2.29. The minimum Gasteiger partial charge on any atom is -0.486 e. The summed E-state index contributed by atoms with van der Waals surface area (Å²) in [7, 11) is 0. The van der Waals surface area contributed by atoms with Crippen LogP contribution in [0.5, 0.6) is 11.5 Å². The second-order valence-corrected chi connectivity index (χ2v) is 4.41. The van der Waals surface area contributed by atoms with Gasteiger partial charge >= 0.3 is 0 Å². The molecule has 3 rings (SSSR count). The van der Waals surface area contributed by atoms with Gasteiger partial charge in [0.25, 0.3) is 0 Å². The molecule has 94 valence electrons. The standard InChI is InChI=1S/C13H14N2O3/c16-13(10-2-3-10)15-14-8-9-1-4-11-12(7-9)18-6-5-17-11/h1,4,7-8,10H,2-3,5-6H2,(H,15,16)/b14-8+. The minimum absolute atomic E-state index is 0.00351. The molecule has 5 nitrogen and oxygen atoms in total. The molecule has 1 heterocycles. The zero-order valence-corrected chi connectivity index (χ0v) is 9.89. The van der Waals surface area contributed by atoms with E-state index in [0.717, 1.165) is 29.9 Å². The van der Waals surface area contributed by atoms with E-state index < -0.39 is 0 Å². The Morgan fingerprint density at radius 2 is 2.06 bits per heavy atom. The number of fused-ring (bicyclic) bond motifs is 1. The van der Waals surface area contributed by atoms with Gasteiger partial charge in [0, 0.05) is 5.92 Å². The van der Waals surface area contributed by atoms with Crippen molar-refractivity contribution in [2.45, 2.75) is 12.8 Å². The van der Waals surface area contributed by atoms with Gasteiger partial charge in [-0.2, -0.15) is 5.10 Å². The molecule has 1 aromatic rings. The topological polar surface area (TPSA) is 59.9 Å². The number of benzene rings is 1. The molecule has 0 unspecified atom stereocenters. The van der Waals surface area contributed by atoms with Gasteiger partial charge in [-0.15, -0.1) is 0 Å². The first kappa shape index (κ1) is 11.1. The first-order chi connectivity index (χ1) is 8.83. The summed E-state index contributed by atoms with van der Waals surface area (Å²) >= 11 is 0. The lowest BCUT2D eigenvalue weighted by molar-refractivity contribution is -0.122. The molecule has 0 radical (unpaired) electrons.